The first-order valence-electron chi connectivity index (χ1n) is 8.17. The molecule has 2 fully saturated rings. The van der Waals surface area contributed by atoms with E-state index in [1.54, 1.807) is 0 Å². The van der Waals surface area contributed by atoms with Crippen LogP contribution < -0.4 is 15.1 Å². The van der Waals surface area contributed by atoms with Gasteiger partial charge in [0.2, 0.25) is 0 Å². The Morgan fingerprint density at radius 3 is 2.35 bits per heavy atom. The average Bonchev–Trinajstić information content (AvgIpc) is 2.73. The quantitative estimate of drug-likeness (QED) is 0.894. The van der Waals surface area contributed by atoms with Crippen LogP contribution >= 0.6 is 0 Å². The summed E-state index contributed by atoms with van der Waals surface area (Å²) < 4.78 is 0. The highest BCUT2D eigenvalue weighted by molar-refractivity contribution is 5.57. The molecule has 20 heavy (non-hydrogen) atoms. The average molecular weight is 273 g/mol. The first-order valence-corrected chi connectivity index (χ1v) is 8.17. The van der Waals surface area contributed by atoms with E-state index in [4.69, 9.17) is 0 Å². The number of rotatable bonds is 2. The van der Waals surface area contributed by atoms with Gasteiger partial charge in [-0.05, 0) is 63.4 Å². The van der Waals surface area contributed by atoms with Crippen LogP contribution in [0.25, 0.3) is 0 Å². The van der Waals surface area contributed by atoms with Gasteiger partial charge in [0.15, 0.2) is 0 Å². The molecule has 0 radical (unpaired) electrons. The largest absolute Gasteiger partial charge is 0.372 e. The number of anilines is 2. The van der Waals surface area contributed by atoms with Gasteiger partial charge in [-0.1, -0.05) is 0 Å². The molecule has 2 aliphatic rings. The molecule has 0 bridgehead atoms. The number of benzene rings is 1. The van der Waals surface area contributed by atoms with Gasteiger partial charge in [0.1, 0.15) is 0 Å². The SMILES string of the molecule is CC1CCNCCN1c1ccc(N2CCCCC2)cc1. The van der Waals surface area contributed by atoms with E-state index >= 15 is 0 Å². The maximum atomic E-state index is 3.49. The monoisotopic (exact) mass is 273 g/mol. The Morgan fingerprint density at radius 1 is 0.900 bits per heavy atom. The fraction of sp³-hybridized carbons (Fsp3) is 0.647. The zero-order valence-corrected chi connectivity index (χ0v) is 12.6. The topological polar surface area (TPSA) is 18.5 Å². The molecule has 0 spiro atoms. The lowest BCUT2D eigenvalue weighted by Gasteiger charge is -2.31. The van der Waals surface area contributed by atoms with E-state index < -0.39 is 0 Å². The highest BCUT2D eigenvalue weighted by atomic mass is 15.2. The van der Waals surface area contributed by atoms with Gasteiger partial charge in [0.05, 0.1) is 0 Å². The first-order chi connectivity index (χ1) is 9.84. The summed E-state index contributed by atoms with van der Waals surface area (Å²) in [5, 5.41) is 3.49. The maximum Gasteiger partial charge on any atom is 0.0370 e. The molecule has 1 atom stereocenters. The third-order valence-corrected chi connectivity index (χ3v) is 4.70. The third kappa shape index (κ3) is 3.09. The normalized spacial score (nSPS) is 24.6. The molecule has 0 aliphatic carbocycles. The molecule has 2 saturated heterocycles. The van der Waals surface area contributed by atoms with Crippen molar-refractivity contribution in [2.45, 2.75) is 38.6 Å². The molecule has 1 aromatic carbocycles. The molecule has 2 aliphatic heterocycles. The summed E-state index contributed by atoms with van der Waals surface area (Å²) in [4.78, 5) is 5.07. The van der Waals surface area contributed by atoms with Crippen molar-refractivity contribution in [2.75, 3.05) is 42.5 Å². The standard InChI is InChI=1S/C17H27N3/c1-15-9-10-18-11-14-20(15)17-7-5-16(6-8-17)19-12-3-2-4-13-19/h5-8,15,18H,2-4,9-14H2,1H3. The Hall–Kier alpha value is -1.22. The number of hydrogen-bond acceptors (Lipinski definition) is 3. The second-order valence-electron chi connectivity index (χ2n) is 6.15. The summed E-state index contributed by atoms with van der Waals surface area (Å²) in [6.07, 6.45) is 5.31. The second-order valence-corrected chi connectivity index (χ2v) is 6.15. The summed E-state index contributed by atoms with van der Waals surface area (Å²) >= 11 is 0. The molecule has 2 heterocycles. The molecule has 3 nitrogen and oxygen atoms in total. The first kappa shape index (κ1) is 13.7. The summed E-state index contributed by atoms with van der Waals surface area (Å²) in [5.74, 6) is 0. The van der Waals surface area contributed by atoms with Crippen LogP contribution in [0.15, 0.2) is 24.3 Å². The van der Waals surface area contributed by atoms with E-state index in [1.807, 2.05) is 0 Å². The molecule has 1 N–H and O–H groups in total. The number of piperidine rings is 1. The lowest BCUT2D eigenvalue weighted by atomic mass is 10.1. The molecular formula is C17H27N3. The van der Waals surface area contributed by atoms with Crippen LogP contribution in [0, 0.1) is 0 Å². The Balaban J connectivity index is 1.71. The van der Waals surface area contributed by atoms with Crippen molar-refractivity contribution < 1.29 is 0 Å². The van der Waals surface area contributed by atoms with Gasteiger partial charge in [-0.25, -0.2) is 0 Å². The molecule has 0 aromatic heterocycles. The van der Waals surface area contributed by atoms with E-state index in [9.17, 15) is 0 Å². The highest BCUT2D eigenvalue weighted by Crippen LogP contribution is 2.25. The molecule has 1 aromatic rings. The van der Waals surface area contributed by atoms with Crippen molar-refractivity contribution in [1.29, 1.82) is 0 Å². The van der Waals surface area contributed by atoms with Crippen molar-refractivity contribution in [1.82, 2.24) is 5.32 Å². The summed E-state index contributed by atoms with van der Waals surface area (Å²) in [6, 6.07) is 9.88. The van der Waals surface area contributed by atoms with E-state index in [0.29, 0.717) is 6.04 Å². The lowest BCUT2D eigenvalue weighted by Crippen LogP contribution is -2.34. The zero-order valence-electron chi connectivity index (χ0n) is 12.6. The number of nitrogens with zero attached hydrogens (tertiary/aromatic N) is 2. The van der Waals surface area contributed by atoms with Gasteiger partial charge in [0.25, 0.3) is 0 Å². The summed E-state index contributed by atoms with van der Waals surface area (Å²) in [6.45, 7) is 8.14. The fourth-order valence-electron chi connectivity index (χ4n) is 3.40. The Kier molecular flexibility index (Phi) is 4.46. The van der Waals surface area contributed by atoms with Crippen molar-refractivity contribution in [3.05, 3.63) is 24.3 Å². The van der Waals surface area contributed by atoms with E-state index in [-0.39, 0.29) is 0 Å². The Morgan fingerprint density at radius 2 is 1.60 bits per heavy atom. The van der Waals surface area contributed by atoms with Gasteiger partial charge < -0.3 is 15.1 Å². The predicted octanol–water partition coefficient (Wildman–Crippen LogP) is 2.87. The summed E-state index contributed by atoms with van der Waals surface area (Å²) in [5.41, 5.74) is 2.77. The second kappa shape index (κ2) is 6.49. The van der Waals surface area contributed by atoms with Crippen LogP contribution in [0.3, 0.4) is 0 Å². The maximum absolute atomic E-state index is 3.49. The van der Waals surface area contributed by atoms with Gasteiger partial charge in [0, 0.05) is 43.6 Å². The minimum Gasteiger partial charge on any atom is -0.372 e. The molecule has 110 valence electrons. The molecule has 3 heteroatoms. The third-order valence-electron chi connectivity index (χ3n) is 4.70. The number of nitrogens with one attached hydrogen (secondary N) is 1. The molecule has 1 unspecified atom stereocenters. The lowest BCUT2D eigenvalue weighted by molar-refractivity contribution is 0.578. The van der Waals surface area contributed by atoms with E-state index in [1.165, 1.54) is 50.1 Å². The van der Waals surface area contributed by atoms with Crippen LogP contribution in [-0.4, -0.2) is 38.8 Å². The van der Waals surface area contributed by atoms with Crippen molar-refractivity contribution >= 4 is 11.4 Å². The van der Waals surface area contributed by atoms with Gasteiger partial charge in [-0.3, -0.25) is 0 Å². The van der Waals surface area contributed by atoms with Crippen LogP contribution in [-0.2, 0) is 0 Å². The molecule has 0 amide bonds. The zero-order chi connectivity index (χ0) is 13.8. The van der Waals surface area contributed by atoms with Crippen molar-refractivity contribution in [3.8, 4) is 0 Å². The van der Waals surface area contributed by atoms with Crippen LogP contribution in [0.1, 0.15) is 32.6 Å². The van der Waals surface area contributed by atoms with Gasteiger partial charge in [-0.15, -0.1) is 0 Å². The smallest absolute Gasteiger partial charge is 0.0370 e. The summed E-state index contributed by atoms with van der Waals surface area (Å²) in [7, 11) is 0. The molecule has 3 rings (SSSR count). The van der Waals surface area contributed by atoms with E-state index in [2.05, 4.69) is 46.3 Å². The van der Waals surface area contributed by atoms with Crippen LogP contribution in [0.5, 0.6) is 0 Å². The minimum absolute atomic E-state index is 0.630. The molecule has 0 saturated carbocycles. The van der Waals surface area contributed by atoms with E-state index in [0.717, 1.165) is 19.6 Å². The van der Waals surface area contributed by atoms with Gasteiger partial charge in [-0.2, -0.15) is 0 Å². The Labute approximate surface area is 123 Å². The Bertz CT molecular complexity index is 409. The van der Waals surface area contributed by atoms with Crippen LogP contribution in [0.2, 0.25) is 0 Å². The minimum atomic E-state index is 0.630. The van der Waals surface area contributed by atoms with Gasteiger partial charge >= 0.3 is 0 Å². The predicted molar refractivity (Wildman–Crippen MR) is 86.8 cm³/mol. The van der Waals surface area contributed by atoms with Crippen molar-refractivity contribution in [2.24, 2.45) is 0 Å². The van der Waals surface area contributed by atoms with Crippen LogP contribution in [0.4, 0.5) is 11.4 Å². The number of hydrogen-bond donors (Lipinski definition) is 1. The fourth-order valence-corrected chi connectivity index (χ4v) is 3.40. The van der Waals surface area contributed by atoms with Crippen molar-refractivity contribution in [3.63, 3.8) is 0 Å². The molecular weight excluding hydrogens is 246 g/mol. The highest BCUT2D eigenvalue weighted by Gasteiger charge is 2.17.